The molecule has 0 saturated heterocycles. The van der Waals surface area contributed by atoms with Gasteiger partial charge in [-0.05, 0) is 24.0 Å². The molecule has 1 aromatic heterocycles. The van der Waals surface area contributed by atoms with Crippen molar-refractivity contribution in [2.45, 2.75) is 54.8 Å². The number of aromatic nitrogens is 2. The number of urea groups is 1. The molecule has 2 rings (SSSR count). The summed E-state index contributed by atoms with van der Waals surface area (Å²) in [4.78, 5) is 23.9. The van der Waals surface area contributed by atoms with Crippen molar-refractivity contribution in [2.24, 2.45) is 11.8 Å². The Morgan fingerprint density at radius 2 is 1.92 bits per heavy atom. The molecule has 0 bridgehead atoms. The second-order valence-electron chi connectivity index (χ2n) is 5.95. The zero-order chi connectivity index (χ0) is 17.5. The highest BCUT2D eigenvalue weighted by molar-refractivity contribution is 8.03. The molecule has 1 aliphatic carbocycles. The molecule has 24 heavy (non-hydrogen) atoms. The SMILES string of the molecule is CCSc1nnc(SCC(=O)NC(=O)N[C@H]2CCC[C@H](C)[C@@H]2C)s1. The standard InChI is InChI=1S/C15H24N4O2S3/c1-4-22-14-18-19-15(24-14)23-8-12(20)17-13(21)16-11-7-5-6-9(2)10(11)3/h9-11H,4-8H2,1-3H3,(H2,16,17,20,21)/t9-,10-,11-/m0/s1. The summed E-state index contributed by atoms with van der Waals surface area (Å²) in [7, 11) is 0. The number of thioether (sulfide) groups is 2. The van der Waals surface area contributed by atoms with Crippen LogP contribution in [0.1, 0.15) is 40.0 Å². The van der Waals surface area contributed by atoms with Crippen LogP contribution in [0.3, 0.4) is 0 Å². The smallest absolute Gasteiger partial charge is 0.321 e. The third kappa shape index (κ3) is 5.93. The van der Waals surface area contributed by atoms with E-state index < -0.39 is 6.03 Å². The second-order valence-corrected chi connectivity index (χ2v) is 9.66. The Bertz CT molecular complexity index is 567. The molecule has 9 heteroatoms. The van der Waals surface area contributed by atoms with Gasteiger partial charge >= 0.3 is 6.03 Å². The largest absolute Gasteiger partial charge is 0.335 e. The Morgan fingerprint density at radius 3 is 2.62 bits per heavy atom. The van der Waals surface area contributed by atoms with E-state index in [4.69, 9.17) is 0 Å². The summed E-state index contributed by atoms with van der Waals surface area (Å²) in [6.07, 6.45) is 3.30. The van der Waals surface area contributed by atoms with Crippen molar-refractivity contribution in [3.8, 4) is 0 Å². The second kappa shape index (κ2) is 9.62. The number of hydrogen-bond acceptors (Lipinski definition) is 7. The normalized spacial score (nSPS) is 23.7. The number of hydrogen-bond donors (Lipinski definition) is 2. The van der Waals surface area contributed by atoms with Crippen LogP contribution in [0.5, 0.6) is 0 Å². The number of carbonyl (C=O) groups is 2. The topological polar surface area (TPSA) is 84.0 Å². The van der Waals surface area contributed by atoms with Gasteiger partial charge in [-0.15, -0.1) is 10.2 Å². The van der Waals surface area contributed by atoms with Crippen LogP contribution < -0.4 is 10.6 Å². The van der Waals surface area contributed by atoms with Gasteiger partial charge in [0.2, 0.25) is 5.91 Å². The van der Waals surface area contributed by atoms with Gasteiger partial charge in [0.25, 0.3) is 0 Å². The van der Waals surface area contributed by atoms with E-state index in [9.17, 15) is 9.59 Å². The Kier molecular flexibility index (Phi) is 7.83. The summed E-state index contributed by atoms with van der Waals surface area (Å²) in [5.74, 6) is 1.83. The molecule has 0 radical (unpaired) electrons. The maximum Gasteiger partial charge on any atom is 0.321 e. The Balaban J connectivity index is 1.72. The van der Waals surface area contributed by atoms with Crippen molar-refractivity contribution in [2.75, 3.05) is 11.5 Å². The molecule has 1 heterocycles. The molecule has 1 fully saturated rings. The highest BCUT2D eigenvalue weighted by atomic mass is 32.2. The molecule has 6 nitrogen and oxygen atoms in total. The van der Waals surface area contributed by atoms with Gasteiger partial charge in [0.15, 0.2) is 8.68 Å². The van der Waals surface area contributed by atoms with Crippen molar-refractivity contribution in [3.63, 3.8) is 0 Å². The minimum atomic E-state index is -0.397. The van der Waals surface area contributed by atoms with Crippen LogP contribution in [-0.2, 0) is 4.79 Å². The van der Waals surface area contributed by atoms with Gasteiger partial charge < -0.3 is 5.32 Å². The first-order chi connectivity index (χ1) is 11.5. The molecule has 3 amide bonds. The van der Waals surface area contributed by atoms with Gasteiger partial charge in [0.1, 0.15) is 0 Å². The van der Waals surface area contributed by atoms with E-state index in [-0.39, 0.29) is 17.7 Å². The fourth-order valence-corrected chi connectivity index (χ4v) is 5.43. The molecule has 0 spiro atoms. The van der Waals surface area contributed by atoms with Gasteiger partial charge in [-0.1, -0.05) is 68.5 Å². The summed E-state index contributed by atoms with van der Waals surface area (Å²) in [5.41, 5.74) is 0. The lowest BCUT2D eigenvalue weighted by atomic mass is 9.78. The summed E-state index contributed by atoms with van der Waals surface area (Å²) < 4.78 is 1.65. The van der Waals surface area contributed by atoms with Crippen molar-refractivity contribution in [1.82, 2.24) is 20.8 Å². The molecule has 1 aliphatic rings. The van der Waals surface area contributed by atoms with E-state index in [1.165, 1.54) is 29.5 Å². The highest BCUT2D eigenvalue weighted by Gasteiger charge is 2.28. The zero-order valence-corrected chi connectivity index (χ0v) is 16.7. The number of imide groups is 1. The van der Waals surface area contributed by atoms with E-state index in [1.54, 1.807) is 11.8 Å². The quantitative estimate of drug-likeness (QED) is 0.727. The Hall–Kier alpha value is -0.800. The molecule has 2 N–H and O–H groups in total. The van der Waals surface area contributed by atoms with Crippen LogP contribution in [0.4, 0.5) is 4.79 Å². The van der Waals surface area contributed by atoms with E-state index in [1.807, 2.05) is 0 Å². The molecular weight excluding hydrogens is 364 g/mol. The third-order valence-corrected chi connectivity index (χ3v) is 7.33. The van der Waals surface area contributed by atoms with Crippen molar-refractivity contribution in [3.05, 3.63) is 0 Å². The van der Waals surface area contributed by atoms with Crippen LogP contribution in [0, 0.1) is 11.8 Å². The van der Waals surface area contributed by atoms with Crippen molar-refractivity contribution >= 4 is 46.8 Å². The third-order valence-electron chi connectivity index (χ3n) is 4.26. The van der Waals surface area contributed by atoms with E-state index in [0.717, 1.165) is 27.3 Å². The van der Waals surface area contributed by atoms with Crippen molar-refractivity contribution in [1.29, 1.82) is 0 Å². The van der Waals surface area contributed by atoms with E-state index in [2.05, 4.69) is 41.6 Å². The van der Waals surface area contributed by atoms with Crippen LogP contribution in [0.2, 0.25) is 0 Å². The fraction of sp³-hybridized carbons (Fsp3) is 0.733. The van der Waals surface area contributed by atoms with Gasteiger partial charge in [-0.3, -0.25) is 10.1 Å². The summed E-state index contributed by atoms with van der Waals surface area (Å²) in [6, 6.07) is -0.253. The van der Waals surface area contributed by atoms with Crippen LogP contribution in [0.15, 0.2) is 8.68 Å². The van der Waals surface area contributed by atoms with Crippen molar-refractivity contribution < 1.29 is 9.59 Å². The van der Waals surface area contributed by atoms with Crippen LogP contribution in [0.25, 0.3) is 0 Å². The van der Waals surface area contributed by atoms with E-state index >= 15 is 0 Å². The van der Waals surface area contributed by atoms with Crippen LogP contribution >= 0.6 is 34.9 Å². The first kappa shape index (κ1) is 19.5. The molecule has 1 aromatic rings. The predicted octanol–water partition coefficient (Wildman–Crippen LogP) is 3.39. The maximum atomic E-state index is 12.0. The Labute approximate surface area is 155 Å². The number of carbonyl (C=O) groups excluding carboxylic acids is 2. The molecule has 0 aromatic carbocycles. The molecule has 134 valence electrons. The number of amides is 3. The molecule has 0 aliphatic heterocycles. The average molecular weight is 389 g/mol. The lowest BCUT2D eigenvalue weighted by Gasteiger charge is -2.34. The lowest BCUT2D eigenvalue weighted by molar-refractivity contribution is -0.117. The number of nitrogens with zero attached hydrogens (tertiary/aromatic N) is 2. The average Bonchev–Trinajstić information content (AvgIpc) is 2.98. The van der Waals surface area contributed by atoms with Gasteiger partial charge in [0, 0.05) is 6.04 Å². The van der Waals surface area contributed by atoms with Gasteiger partial charge in [-0.2, -0.15) is 0 Å². The van der Waals surface area contributed by atoms with Gasteiger partial charge in [-0.25, -0.2) is 4.79 Å². The highest BCUT2D eigenvalue weighted by Crippen LogP contribution is 2.30. The monoisotopic (exact) mass is 388 g/mol. The fourth-order valence-electron chi connectivity index (χ4n) is 2.72. The van der Waals surface area contributed by atoms with E-state index in [0.29, 0.717) is 11.8 Å². The minimum absolute atomic E-state index is 0.144. The zero-order valence-electron chi connectivity index (χ0n) is 14.2. The minimum Gasteiger partial charge on any atom is -0.335 e. The van der Waals surface area contributed by atoms with Gasteiger partial charge in [0.05, 0.1) is 5.75 Å². The predicted molar refractivity (Wildman–Crippen MR) is 99.7 cm³/mol. The Morgan fingerprint density at radius 1 is 1.21 bits per heavy atom. The summed E-state index contributed by atoms with van der Waals surface area (Å²) in [6.45, 7) is 6.43. The first-order valence-electron chi connectivity index (χ1n) is 8.19. The molecule has 1 saturated carbocycles. The summed E-state index contributed by atoms with van der Waals surface area (Å²) >= 11 is 4.40. The molecule has 3 atom stereocenters. The lowest BCUT2D eigenvalue weighted by Crippen LogP contribution is -2.49. The maximum absolute atomic E-state index is 12.0. The first-order valence-corrected chi connectivity index (χ1v) is 11.0. The molecular formula is C15H24N4O2S3. The van der Waals surface area contributed by atoms with Crippen LogP contribution in [-0.4, -0.2) is 39.7 Å². The number of nitrogens with one attached hydrogen (secondary N) is 2. The number of rotatable bonds is 6. The molecule has 0 unspecified atom stereocenters. The summed E-state index contributed by atoms with van der Waals surface area (Å²) in [5, 5.41) is 13.4.